The molecule has 78 valence electrons. The van der Waals surface area contributed by atoms with Crippen LogP contribution in [0.2, 0.25) is 0 Å². The number of rotatable bonds is 3. The lowest BCUT2D eigenvalue weighted by molar-refractivity contribution is -0.139. The first-order chi connectivity index (χ1) is 6.50. The molecule has 1 aliphatic heterocycles. The fourth-order valence-corrected chi connectivity index (χ4v) is 1.16. The normalized spacial score (nSPS) is 23.6. The zero-order valence-corrected chi connectivity index (χ0v) is 7.32. The van der Waals surface area contributed by atoms with E-state index in [1.165, 1.54) is 0 Å². The van der Waals surface area contributed by atoms with E-state index in [1.54, 1.807) is 0 Å². The van der Waals surface area contributed by atoms with Gasteiger partial charge in [-0.1, -0.05) is 0 Å². The summed E-state index contributed by atoms with van der Waals surface area (Å²) in [5, 5.41) is 12.9. The summed E-state index contributed by atoms with van der Waals surface area (Å²) >= 11 is 0. The number of hydrogen-bond acceptors (Lipinski definition) is 4. The fraction of sp³-hybridized carbons (Fsp3) is 0.571. The van der Waals surface area contributed by atoms with Gasteiger partial charge in [0.2, 0.25) is 5.91 Å². The molecular formula is C7H11N3O4. The molecule has 14 heavy (non-hydrogen) atoms. The number of nitrogens with two attached hydrogens (primary N) is 1. The van der Waals surface area contributed by atoms with Crippen LogP contribution in [-0.4, -0.2) is 35.6 Å². The van der Waals surface area contributed by atoms with Crippen molar-refractivity contribution in [2.24, 2.45) is 11.7 Å². The molecule has 0 aromatic carbocycles. The Morgan fingerprint density at radius 2 is 2.29 bits per heavy atom. The van der Waals surface area contributed by atoms with Gasteiger partial charge in [-0.15, -0.1) is 0 Å². The quantitative estimate of drug-likeness (QED) is 0.431. The minimum absolute atomic E-state index is 0.0153. The molecule has 1 heterocycles. The van der Waals surface area contributed by atoms with Crippen LogP contribution in [0.3, 0.4) is 0 Å². The number of imide groups is 1. The topological polar surface area (TPSA) is 122 Å². The highest BCUT2D eigenvalue weighted by atomic mass is 16.4. The third-order valence-corrected chi connectivity index (χ3v) is 1.97. The monoisotopic (exact) mass is 201 g/mol. The second kappa shape index (κ2) is 4.05. The largest absolute Gasteiger partial charge is 0.480 e. The molecule has 0 saturated carbocycles. The molecule has 0 aromatic rings. The van der Waals surface area contributed by atoms with Crippen LogP contribution < -0.4 is 16.4 Å². The number of carboxylic acid groups (broad SMARTS) is 1. The number of aliphatic carboxylic acids is 1. The number of nitrogens with one attached hydrogen (secondary N) is 2. The molecule has 2 unspecified atom stereocenters. The molecule has 0 bridgehead atoms. The predicted molar refractivity (Wildman–Crippen MR) is 45.3 cm³/mol. The zero-order chi connectivity index (χ0) is 10.7. The highest BCUT2D eigenvalue weighted by Crippen LogP contribution is 2.07. The molecule has 1 aliphatic rings. The standard InChI is InChI=1S/C7H11N3O4/c8-4(6(12)13)1-3-2-9-7(14)10-5(3)11/h3-4H,1-2,8H2,(H,12,13)(H2,9,10,11,14). The van der Waals surface area contributed by atoms with E-state index in [9.17, 15) is 14.4 Å². The minimum Gasteiger partial charge on any atom is -0.480 e. The average molecular weight is 201 g/mol. The first-order valence-corrected chi connectivity index (χ1v) is 4.07. The minimum atomic E-state index is -1.16. The highest BCUT2D eigenvalue weighted by Gasteiger charge is 2.29. The molecule has 2 atom stereocenters. The first kappa shape index (κ1) is 10.5. The Labute approximate surface area is 79.6 Å². The molecule has 0 aromatic heterocycles. The van der Waals surface area contributed by atoms with Crippen molar-refractivity contribution in [1.29, 1.82) is 0 Å². The van der Waals surface area contributed by atoms with Crippen molar-refractivity contribution in [2.75, 3.05) is 6.54 Å². The van der Waals surface area contributed by atoms with Crippen molar-refractivity contribution in [3.8, 4) is 0 Å². The van der Waals surface area contributed by atoms with E-state index in [4.69, 9.17) is 10.8 Å². The zero-order valence-electron chi connectivity index (χ0n) is 7.32. The Morgan fingerprint density at radius 3 is 2.79 bits per heavy atom. The van der Waals surface area contributed by atoms with E-state index in [0.29, 0.717) is 0 Å². The second-order valence-electron chi connectivity index (χ2n) is 3.08. The van der Waals surface area contributed by atoms with Gasteiger partial charge in [0.15, 0.2) is 0 Å². The Balaban J connectivity index is 2.49. The number of urea groups is 1. The number of carbonyl (C=O) groups is 3. The van der Waals surface area contributed by atoms with Crippen LogP contribution in [0, 0.1) is 5.92 Å². The predicted octanol–water partition coefficient (Wildman–Crippen LogP) is -1.76. The van der Waals surface area contributed by atoms with E-state index >= 15 is 0 Å². The lowest BCUT2D eigenvalue weighted by atomic mass is 9.98. The highest BCUT2D eigenvalue weighted by molar-refractivity contribution is 5.98. The Kier molecular flexibility index (Phi) is 3.03. The Morgan fingerprint density at radius 1 is 1.64 bits per heavy atom. The molecule has 1 fully saturated rings. The van der Waals surface area contributed by atoms with E-state index < -0.39 is 29.9 Å². The number of carboxylic acids is 1. The maximum Gasteiger partial charge on any atom is 0.321 e. The van der Waals surface area contributed by atoms with Gasteiger partial charge in [0, 0.05) is 6.54 Å². The van der Waals surface area contributed by atoms with E-state index in [-0.39, 0.29) is 13.0 Å². The average Bonchev–Trinajstić information content (AvgIpc) is 2.09. The maximum atomic E-state index is 11.1. The van der Waals surface area contributed by atoms with Crippen molar-refractivity contribution in [2.45, 2.75) is 12.5 Å². The van der Waals surface area contributed by atoms with Gasteiger partial charge in [0.1, 0.15) is 6.04 Å². The van der Waals surface area contributed by atoms with Gasteiger partial charge >= 0.3 is 12.0 Å². The summed E-state index contributed by atoms with van der Waals surface area (Å²) in [6.45, 7) is 0.131. The molecule has 7 nitrogen and oxygen atoms in total. The summed E-state index contributed by atoms with van der Waals surface area (Å²) in [6, 6.07) is -1.64. The molecular weight excluding hydrogens is 190 g/mol. The molecule has 1 saturated heterocycles. The van der Waals surface area contributed by atoms with Crippen LogP contribution in [0.4, 0.5) is 4.79 Å². The molecule has 0 radical (unpaired) electrons. The molecule has 5 N–H and O–H groups in total. The smallest absolute Gasteiger partial charge is 0.321 e. The van der Waals surface area contributed by atoms with E-state index in [1.807, 2.05) is 5.32 Å². The fourth-order valence-electron chi connectivity index (χ4n) is 1.16. The van der Waals surface area contributed by atoms with Gasteiger partial charge in [-0.05, 0) is 6.42 Å². The van der Waals surface area contributed by atoms with Crippen molar-refractivity contribution < 1.29 is 19.5 Å². The van der Waals surface area contributed by atoms with Crippen LogP contribution in [0.5, 0.6) is 0 Å². The molecule has 7 heteroatoms. The molecule has 1 rings (SSSR count). The van der Waals surface area contributed by atoms with Gasteiger partial charge in [0.05, 0.1) is 5.92 Å². The summed E-state index contributed by atoms with van der Waals surface area (Å²) in [7, 11) is 0. The third-order valence-electron chi connectivity index (χ3n) is 1.97. The SMILES string of the molecule is NC(CC1CNC(=O)NC1=O)C(=O)O. The first-order valence-electron chi connectivity index (χ1n) is 4.07. The van der Waals surface area contributed by atoms with Gasteiger partial charge in [-0.25, -0.2) is 4.79 Å². The summed E-state index contributed by atoms with van der Waals surface area (Å²) in [5.74, 6) is -2.21. The van der Waals surface area contributed by atoms with Crippen LogP contribution in [0.25, 0.3) is 0 Å². The van der Waals surface area contributed by atoms with Gasteiger partial charge < -0.3 is 16.2 Å². The van der Waals surface area contributed by atoms with Crippen LogP contribution in [-0.2, 0) is 9.59 Å². The summed E-state index contributed by atoms with van der Waals surface area (Å²) in [6.07, 6.45) is 0.0153. The van der Waals surface area contributed by atoms with E-state index in [0.717, 1.165) is 0 Å². The van der Waals surface area contributed by atoms with Gasteiger partial charge in [0.25, 0.3) is 0 Å². The Hall–Kier alpha value is -1.63. The lowest BCUT2D eigenvalue weighted by Crippen LogP contribution is -2.53. The van der Waals surface area contributed by atoms with Gasteiger partial charge in [-0.3, -0.25) is 14.9 Å². The number of hydrogen-bond donors (Lipinski definition) is 4. The van der Waals surface area contributed by atoms with Crippen LogP contribution in [0.15, 0.2) is 0 Å². The van der Waals surface area contributed by atoms with Crippen molar-refractivity contribution in [1.82, 2.24) is 10.6 Å². The molecule has 0 aliphatic carbocycles. The molecule has 0 spiro atoms. The summed E-state index contributed by atoms with van der Waals surface area (Å²) in [5.41, 5.74) is 5.25. The third kappa shape index (κ3) is 2.43. The van der Waals surface area contributed by atoms with Crippen LogP contribution >= 0.6 is 0 Å². The number of amides is 3. The maximum absolute atomic E-state index is 11.1. The molecule has 3 amide bonds. The van der Waals surface area contributed by atoms with Crippen LogP contribution in [0.1, 0.15) is 6.42 Å². The second-order valence-corrected chi connectivity index (χ2v) is 3.08. The Bertz CT molecular complexity index is 278. The number of carbonyl (C=O) groups excluding carboxylic acids is 2. The van der Waals surface area contributed by atoms with Crippen molar-refractivity contribution in [3.05, 3.63) is 0 Å². The summed E-state index contributed by atoms with van der Waals surface area (Å²) < 4.78 is 0. The summed E-state index contributed by atoms with van der Waals surface area (Å²) in [4.78, 5) is 32.2. The van der Waals surface area contributed by atoms with Crippen molar-refractivity contribution in [3.63, 3.8) is 0 Å². The lowest BCUT2D eigenvalue weighted by Gasteiger charge is -2.23. The van der Waals surface area contributed by atoms with E-state index in [2.05, 4.69) is 5.32 Å². The van der Waals surface area contributed by atoms with Crippen molar-refractivity contribution >= 4 is 17.9 Å². The van der Waals surface area contributed by atoms with Gasteiger partial charge in [-0.2, -0.15) is 0 Å².